The first-order valence-corrected chi connectivity index (χ1v) is 4.33. The molecule has 0 aliphatic carbocycles. The van der Waals surface area contributed by atoms with Crippen LogP contribution >= 0.6 is 0 Å². The standard InChI is InChI=1S/C10H8FNO4/c11-8-5-7(3-1-2-4-13)10(14)9(6-8)12(15)16/h5-6,13-14H,2,4H2. The predicted octanol–water partition coefficient (Wildman–Crippen LogP) is 1.17. The molecule has 0 aliphatic rings. The van der Waals surface area contributed by atoms with Crippen molar-refractivity contribution >= 4 is 5.69 Å². The third-order valence-corrected chi connectivity index (χ3v) is 1.71. The first-order valence-electron chi connectivity index (χ1n) is 4.33. The van der Waals surface area contributed by atoms with Crippen molar-refractivity contribution in [3.8, 4) is 17.6 Å². The van der Waals surface area contributed by atoms with Gasteiger partial charge in [0, 0.05) is 6.42 Å². The zero-order valence-electron chi connectivity index (χ0n) is 8.11. The van der Waals surface area contributed by atoms with Crippen LogP contribution in [0.5, 0.6) is 5.75 Å². The molecule has 0 heterocycles. The van der Waals surface area contributed by atoms with Crippen molar-refractivity contribution < 1.29 is 19.5 Å². The van der Waals surface area contributed by atoms with Crippen LogP contribution in [0.2, 0.25) is 0 Å². The third kappa shape index (κ3) is 2.68. The molecule has 6 heteroatoms. The van der Waals surface area contributed by atoms with Gasteiger partial charge in [-0.05, 0) is 6.07 Å². The molecule has 0 saturated heterocycles. The summed E-state index contributed by atoms with van der Waals surface area (Å²) in [6.45, 7) is -0.175. The van der Waals surface area contributed by atoms with Crippen LogP contribution < -0.4 is 0 Å². The highest BCUT2D eigenvalue weighted by Crippen LogP contribution is 2.30. The first-order chi connectivity index (χ1) is 7.56. The lowest BCUT2D eigenvalue weighted by molar-refractivity contribution is -0.386. The van der Waals surface area contributed by atoms with Gasteiger partial charge in [-0.2, -0.15) is 0 Å². The predicted molar refractivity (Wildman–Crippen MR) is 53.3 cm³/mol. The lowest BCUT2D eigenvalue weighted by Gasteiger charge is -1.99. The van der Waals surface area contributed by atoms with E-state index in [-0.39, 0.29) is 18.6 Å². The zero-order chi connectivity index (χ0) is 12.1. The molecule has 0 saturated carbocycles. The number of nitro groups is 1. The van der Waals surface area contributed by atoms with Crippen LogP contribution in [0.4, 0.5) is 10.1 Å². The van der Waals surface area contributed by atoms with E-state index < -0.39 is 22.2 Å². The molecule has 0 radical (unpaired) electrons. The largest absolute Gasteiger partial charge is 0.501 e. The number of aliphatic hydroxyl groups is 1. The average molecular weight is 225 g/mol. The monoisotopic (exact) mass is 225 g/mol. The Bertz CT molecular complexity index is 476. The van der Waals surface area contributed by atoms with Crippen LogP contribution in [0.1, 0.15) is 12.0 Å². The number of nitro benzene ring substituents is 1. The summed E-state index contributed by atoms with van der Waals surface area (Å²) < 4.78 is 12.9. The second-order valence-electron chi connectivity index (χ2n) is 2.85. The Morgan fingerprint density at radius 3 is 2.75 bits per heavy atom. The number of rotatable bonds is 2. The quantitative estimate of drug-likeness (QED) is 0.449. The SMILES string of the molecule is O=[N+]([O-])c1cc(F)cc(C#CCCO)c1O. The maximum atomic E-state index is 12.9. The number of aromatic hydroxyl groups is 1. The first kappa shape index (κ1) is 11.9. The van der Waals surface area contributed by atoms with E-state index in [0.29, 0.717) is 6.07 Å². The molecule has 1 aromatic rings. The fourth-order valence-corrected chi connectivity index (χ4v) is 1.03. The average Bonchev–Trinajstić information content (AvgIpc) is 2.22. The number of phenols is 1. The molecule has 5 nitrogen and oxygen atoms in total. The van der Waals surface area contributed by atoms with Crippen molar-refractivity contribution in [3.05, 3.63) is 33.6 Å². The normalized spacial score (nSPS) is 9.38. The summed E-state index contributed by atoms with van der Waals surface area (Å²) in [4.78, 5) is 9.55. The second-order valence-corrected chi connectivity index (χ2v) is 2.85. The van der Waals surface area contributed by atoms with E-state index in [4.69, 9.17) is 5.11 Å². The highest BCUT2D eigenvalue weighted by molar-refractivity contribution is 5.57. The van der Waals surface area contributed by atoms with Gasteiger partial charge in [0.2, 0.25) is 5.75 Å². The Hall–Kier alpha value is -2.13. The number of hydrogen-bond acceptors (Lipinski definition) is 4. The van der Waals surface area contributed by atoms with Crippen LogP contribution in [-0.4, -0.2) is 21.7 Å². The van der Waals surface area contributed by atoms with Gasteiger partial charge in [-0.15, -0.1) is 0 Å². The number of nitrogens with zero attached hydrogens (tertiary/aromatic N) is 1. The minimum absolute atomic E-state index is 0.143. The lowest BCUT2D eigenvalue weighted by Crippen LogP contribution is -1.92. The molecule has 0 spiro atoms. The van der Waals surface area contributed by atoms with Crippen LogP contribution in [0.15, 0.2) is 12.1 Å². The number of hydrogen-bond donors (Lipinski definition) is 2. The minimum Gasteiger partial charge on any atom is -0.501 e. The van der Waals surface area contributed by atoms with Gasteiger partial charge < -0.3 is 10.2 Å². The summed E-state index contributed by atoms with van der Waals surface area (Å²) in [6.07, 6.45) is 0.143. The van der Waals surface area contributed by atoms with Crippen LogP contribution in [0.3, 0.4) is 0 Å². The number of phenolic OH excluding ortho intramolecular Hbond substituents is 1. The Labute approximate surface area is 90.3 Å². The molecule has 0 unspecified atom stereocenters. The topological polar surface area (TPSA) is 83.6 Å². The zero-order valence-corrected chi connectivity index (χ0v) is 8.11. The number of benzene rings is 1. The smallest absolute Gasteiger partial charge is 0.314 e. The molecule has 0 fully saturated rings. The van der Waals surface area contributed by atoms with E-state index in [2.05, 4.69) is 11.8 Å². The molecule has 84 valence electrons. The fourth-order valence-electron chi connectivity index (χ4n) is 1.03. The van der Waals surface area contributed by atoms with Gasteiger partial charge >= 0.3 is 5.69 Å². The summed E-state index contributed by atoms with van der Waals surface area (Å²) >= 11 is 0. The van der Waals surface area contributed by atoms with Gasteiger partial charge in [0.25, 0.3) is 0 Å². The van der Waals surface area contributed by atoms with Crippen LogP contribution in [0.25, 0.3) is 0 Å². The summed E-state index contributed by atoms with van der Waals surface area (Å²) in [6, 6.07) is 1.51. The Kier molecular flexibility index (Phi) is 3.80. The van der Waals surface area contributed by atoms with E-state index in [9.17, 15) is 19.6 Å². The molecule has 1 aromatic carbocycles. The van der Waals surface area contributed by atoms with Crippen molar-refractivity contribution in [1.29, 1.82) is 0 Å². The molecule has 16 heavy (non-hydrogen) atoms. The summed E-state index contributed by atoms with van der Waals surface area (Å²) in [5, 5.41) is 28.3. The molecule has 0 amide bonds. The van der Waals surface area contributed by atoms with Gasteiger partial charge in [0.15, 0.2) is 0 Å². The molecule has 0 aromatic heterocycles. The second kappa shape index (κ2) is 5.09. The van der Waals surface area contributed by atoms with E-state index >= 15 is 0 Å². The molecular weight excluding hydrogens is 217 g/mol. The minimum atomic E-state index is -0.893. The summed E-state index contributed by atoms with van der Waals surface area (Å²) in [7, 11) is 0. The Morgan fingerprint density at radius 2 is 2.19 bits per heavy atom. The van der Waals surface area contributed by atoms with Gasteiger partial charge in [-0.1, -0.05) is 11.8 Å². The van der Waals surface area contributed by atoms with Crippen molar-refractivity contribution in [2.24, 2.45) is 0 Å². The van der Waals surface area contributed by atoms with Crippen LogP contribution in [-0.2, 0) is 0 Å². The highest BCUT2D eigenvalue weighted by atomic mass is 19.1. The third-order valence-electron chi connectivity index (χ3n) is 1.71. The summed E-state index contributed by atoms with van der Waals surface area (Å²) in [5.74, 6) is 3.26. The van der Waals surface area contributed by atoms with E-state index in [0.717, 1.165) is 6.07 Å². The van der Waals surface area contributed by atoms with Crippen molar-refractivity contribution in [2.75, 3.05) is 6.61 Å². The fraction of sp³-hybridized carbons (Fsp3) is 0.200. The molecule has 2 N–H and O–H groups in total. The number of halogens is 1. The highest BCUT2D eigenvalue weighted by Gasteiger charge is 2.18. The Morgan fingerprint density at radius 1 is 1.50 bits per heavy atom. The molecule has 1 rings (SSSR count). The van der Waals surface area contributed by atoms with Gasteiger partial charge in [0.05, 0.1) is 23.2 Å². The Balaban J connectivity index is 3.21. The van der Waals surface area contributed by atoms with Gasteiger partial charge in [0.1, 0.15) is 5.82 Å². The molecule has 0 aliphatic heterocycles. The molecular formula is C10H8FNO4. The number of aliphatic hydroxyl groups excluding tert-OH is 1. The molecule has 0 bridgehead atoms. The van der Waals surface area contributed by atoms with E-state index in [1.165, 1.54) is 0 Å². The van der Waals surface area contributed by atoms with Crippen molar-refractivity contribution in [2.45, 2.75) is 6.42 Å². The maximum Gasteiger partial charge on any atom is 0.314 e. The van der Waals surface area contributed by atoms with Gasteiger partial charge in [-0.25, -0.2) is 4.39 Å². The maximum absolute atomic E-state index is 12.9. The van der Waals surface area contributed by atoms with Gasteiger partial charge in [-0.3, -0.25) is 10.1 Å². The van der Waals surface area contributed by atoms with Crippen LogP contribution in [0, 0.1) is 27.8 Å². The van der Waals surface area contributed by atoms with Crippen molar-refractivity contribution in [1.82, 2.24) is 0 Å². The summed E-state index contributed by atoms with van der Waals surface area (Å²) in [5.41, 5.74) is -0.895. The van der Waals surface area contributed by atoms with E-state index in [1.807, 2.05) is 0 Å². The van der Waals surface area contributed by atoms with Crippen molar-refractivity contribution in [3.63, 3.8) is 0 Å². The lowest BCUT2D eigenvalue weighted by atomic mass is 10.1. The molecule has 0 atom stereocenters. The van der Waals surface area contributed by atoms with E-state index in [1.54, 1.807) is 0 Å².